The fraction of sp³-hybridized carbons (Fsp3) is 0.211. The maximum atomic E-state index is 12.7. The zero-order chi connectivity index (χ0) is 16.4. The lowest BCUT2D eigenvalue weighted by atomic mass is 10.0. The number of aromatic nitrogens is 2. The van der Waals surface area contributed by atoms with Gasteiger partial charge in [-0.25, -0.2) is 4.98 Å². The van der Waals surface area contributed by atoms with Crippen molar-refractivity contribution in [2.75, 3.05) is 0 Å². The van der Waals surface area contributed by atoms with Crippen LogP contribution in [0.2, 0.25) is 0 Å². The maximum absolute atomic E-state index is 12.7. The van der Waals surface area contributed by atoms with Crippen molar-refractivity contribution in [3.05, 3.63) is 75.7 Å². The Hall–Kier alpha value is -2.75. The number of rotatable bonds is 4. The fourth-order valence-corrected chi connectivity index (χ4v) is 2.68. The Morgan fingerprint density at radius 3 is 2.57 bits per heavy atom. The third-order valence-corrected chi connectivity index (χ3v) is 3.91. The van der Waals surface area contributed by atoms with E-state index in [-0.39, 0.29) is 23.2 Å². The van der Waals surface area contributed by atoms with Crippen LogP contribution in [0.5, 0.6) is 0 Å². The molecule has 23 heavy (non-hydrogen) atoms. The second kappa shape index (κ2) is 6.16. The summed E-state index contributed by atoms with van der Waals surface area (Å²) in [6.07, 6.45) is 1.87. The summed E-state index contributed by atoms with van der Waals surface area (Å²) < 4.78 is 1.86. The van der Waals surface area contributed by atoms with Crippen molar-refractivity contribution in [3.63, 3.8) is 0 Å². The van der Waals surface area contributed by atoms with Gasteiger partial charge in [-0.15, -0.1) is 0 Å². The van der Waals surface area contributed by atoms with Crippen molar-refractivity contribution in [1.29, 1.82) is 0 Å². The van der Waals surface area contributed by atoms with E-state index in [0.29, 0.717) is 17.6 Å². The number of carbonyl (C=O) groups excluding carboxylic acids is 1. The SMILES string of the molecule is CCn1cc(C(=O)Cc2ccccc2)c(=O)c2ccc(C)nc21. The van der Waals surface area contributed by atoms with E-state index in [1.165, 1.54) is 0 Å². The molecule has 0 saturated carbocycles. The summed E-state index contributed by atoms with van der Waals surface area (Å²) in [5, 5.41) is 0.497. The van der Waals surface area contributed by atoms with Crippen LogP contribution in [0.25, 0.3) is 11.0 Å². The van der Waals surface area contributed by atoms with Gasteiger partial charge < -0.3 is 4.57 Å². The second-order valence-electron chi connectivity index (χ2n) is 5.57. The molecule has 1 aromatic carbocycles. The summed E-state index contributed by atoms with van der Waals surface area (Å²) >= 11 is 0. The minimum atomic E-state index is -0.238. The van der Waals surface area contributed by atoms with Gasteiger partial charge in [0.2, 0.25) is 5.43 Å². The van der Waals surface area contributed by atoms with Crippen LogP contribution < -0.4 is 5.43 Å². The lowest BCUT2D eigenvalue weighted by Gasteiger charge is -2.11. The van der Waals surface area contributed by atoms with E-state index >= 15 is 0 Å². The zero-order valence-electron chi connectivity index (χ0n) is 13.2. The molecule has 0 atom stereocenters. The highest BCUT2D eigenvalue weighted by Gasteiger charge is 2.16. The lowest BCUT2D eigenvalue weighted by molar-refractivity contribution is 0.0991. The van der Waals surface area contributed by atoms with E-state index in [2.05, 4.69) is 4.98 Å². The highest BCUT2D eigenvalue weighted by atomic mass is 16.1. The summed E-state index contributed by atoms with van der Waals surface area (Å²) in [4.78, 5) is 29.7. The molecule has 0 unspecified atom stereocenters. The first-order chi connectivity index (χ1) is 11.1. The molecule has 0 spiro atoms. The monoisotopic (exact) mass is 306 g/mol. The van der Waals surface area contributed by atoms with Gasteiger partial charge in [0.1, 0.15) is 5.65 Å². The number of Topliss-reactive ketones (excluding diaryl/α,β-unsaturated/α-hetero) is 1. The Bertz CT molecular complexity index is 927. The molecule has 116 valence electrons. The average Bonchev–Trinajstić information content (AvgIpc) is 2.56. The van der Waals surface area contributed by atoms with Crippen LogP contribution >= 0.6 is 0 Å². The van der Waals surface area contributed by atoms with Crippen LogP contribution in [-0.4, -0.2) is 15.3 Å². The summed E-state index contributed by atoms with van der Waals surface area (Å²) in [7, 11) is 0. The van der Waals surface area contributed by atoms with E-state index in [0.717, 1.165) is 11.3 Å². The molecule has 0 bridgehead atoms. The highest BCUT2D eigenvalue weighted by molar-refractivity contribution is 5.99. The van der Waals surface area contributed by atoms with Gasteiger partial charge >= 0.3 is 0 Å². The normalized spacial score (nSPS) is 10.9. The lowest BCUT2D eigenvalue weighted by Crippen LogP contribution is -2.21. The number of aryl methyl sites for hydroxylation is 2. The van der Waals surface area contributed by atoms with E-state index < -0.39 is 0 Å². The number of nitrogens with zero attached hydrogens (tertiary/aromatic N) is 2. The maximum Gasteiger partial charge on any atom is 0.201 e. The van der Waals surface area contributed by atoms with Crippen LogP contribution in [0.15, 0.2) is 53.5 Å². The van der Waals surface area contributed by atoms with Crippen molar-refractivity contribution in [1.82, 2.24) is 9.55 Å². The molecule has 0 fully saturated rings. The number of hydrogen-bond donors (Lipinski definition) is 0. The van der Waals surface area contributed by atoms with Gasteiger partial charge in [-0.05, 0) is 31.5 Å². The number of fused-ring (bicyclic) bond motifs is 1. The van der Waals surface area contributed by atoms with Crippen LogP contribution in [-0.2, 0) is 13.0 Å². The van der Waals surface area contributed by atoms with Crippen molar-refractivity contribution >= 4 is 16.8 Å². The van der Waals surface area contributed by atoms with E-state index in [1.54, 1.807) is 18.3 Å². The molecule has 0 N–H and O–H groups in total. The summed E-state index contributed by atoms with van der Waals surface area (Å²) in [5.74, 6) is -0.161. The molecular weight excluding hydrogens is 288 g/mol. The Morgan fingerprint density at radius 2 is 1.87 bits per heavy atom. The fourth-order valence-electron chi connectivity index (χ4n) is 2.68. The molecule has 3 aromatic rings. The molecule has 0 aliphatic carbocycles. The molecule has 0 aliphatic heterocycles. The molecule has 0 amide bonds. The van der Waals surface area contributed by atoms with Gasteiger partial charge in [0, 0.05) is 24.9 Å². The first-order valence-electron chi connectivity index (χ1n) is 7.68. The Morgan fingerprint density at radius 1 is 1.13 bits per heavy atom. The number of benzene rings is 1. The van der Waals surface area contributed by atoms with E-state index in [9.17, 15) is 9.59 Å². The standard InChI is InChI=1S/C19H18N2O2/c1-3-21-12-16(17(22)11-14-7-5-4-6-8-14)18(23)15-10-9-13(2)20-19(15)21/h4-10,12H,3,11H2,1-2H3. The van der Waals surface area contributed by atoms with Crippen molar-refractivity contribution in [3.8, 4) is 0 Å². The van der Waals surface area contributed by atoms with Gasteiger partial charge in [0.25, 0.3) is 0 Å². The largest absolute Gasteiger partial charge is 0.332 e. The third kappa shape index (κ3) is 2.93. The van der Waals surface area contributed by atoms with Gasteiger partial charge in [0.05, 0.1) is 10.9 Å². The minimum absolute atomic E-state index is 0.161. The van der Waals surface area contributed by atoms with Crippen LogP contribution in [0.3, 0.4) is 0 Å². The topological polar surface area (TPSA) is 52.0 Å². The van der Waals surface area contributed by atoms with E-state index in [4.69, 9.17) is 0 Å². The van der Waals surface area contributed by atoms with Gasteiger partial charge in [0.15, 0.2) is 5.78 Å². The predicted molar refractivity (Wildman–Crippen MR) is 90.9 cm³/mol. The van der Waals surface area contributed by atoms with E-state index in [1.807, 2.05) is 48.7 Å². The second-order valence-corrected chi connectivity index (χ2v) is 5.57. The van der Waals surface area contributed by atoms with Crippen LogP contribution in [0, 0.1) is 6.92 Å². The molecule has 0 aliphatic rings. The summed E-state index contributed by atoms with van der Waals surface area (Å²) in [5.41, 5.74) is 2.38. The summed E-state index contributed by atoms with van der Waals surface area (Å²) in [6, 6.07) is 13.0. The molecule has 0 saturated heterocycles. The average molecular weight is 306 g/mol. The molecule has 0 radical (unpaired) electrons. The van der Waals surface area contributed by atoms with Crippen molar-refractivity contribution in [2.45, 2.75) is 26.8 Å². The van der Waals surface area contributed by atoms with Crippen LogP contribution in [0.4, 0.5) is 0 Å². The Kier molecular flexibility index (Phi) is 4.06. The molecule has 2 heterocycles. The zero-order valence-corrected chi connectivity index (χ0v) is 13.2. The molecule has 4 nitrogen and oxygen atoms in total. The van der Waals surface area contributed by atoms with Crippen LogP contribution in [0.1, 0.15) is 28.5 Å². The predicted octanol–water partition coefficient (Wildman–Crippen LogP) is 3.15. The first kappa shape index (κ1) is 15.2. The number of ketones is 1. The number of pyridine rings is 2. The number of carbonyl (C=O) groups is 1. The quantitative estimate of drug-likeness (QED) is 0.696. The molecule has 2 aromatic heterocycles. The Balaban J connectivity index is 2.11. The molecular formula is C19H18N2O2. The smallest absolute Gasteiger partial charge is 0.201 e. The highest BCUT2D eigenvalue weighted by Crippen LogP contribution is 2.12. The minimum Gasteiger partial charge on any atom is -0.332 e. The molecule has 3 rings (SSSR count). The first-order valence-corrected chi connectivity index (χ1v) is 7.68. The van der Waals surface area contributed by atoms with Crippen molar-refractivity contribution in [2.24, 2.45) is 0 Å². The third-order valence-electron chi connectivity index (χ3n) is 3.91. The summed E-state index contributed by atoms with van der Waals surface area (Å²) in [6.45, 7) is 4.51. The molecule has 4 heteroatoms. The Labute approximate surface area is 134 Å². The number of hydrogen-bond acceptors (Lipinski definition) is 3. The van der Waals surface area contributed by atoms with Gasteiger partial charge in [-0.3, -0.25) is 9.59 Å². The van der Waals surface area contributed by atoms with Gasteiger partial charge in [-0.1, -0.05) is 30.3 Å². The van der Waals surface area contributed by atoms with Crippen molar-refractivity contribution < 1.29 is 4.79 Å². The van der Waals surface area contributed by atoms with Gasteiger partial charge in [-0.2, -0.15) is 0 Å².